The molecule has 2 amide bonds. The van der Waals surface area contributed by atoms with Gasteiger partial charge in [0.15, 0.2) is 6.04 Å². The number of hydrogen-bond donors (Lipinski definition) is 1. The molecular weight excluding hydrogens is 532 g/mol. The van der Waals surface area contributed by atoms with Crippen LogP contribution in [0, 0.1) is 0 Å². The highest BCUT2D eigenvalue weighted by atomic mass is 16.5. The van der Waals surface area contributed by atoms with Crippen molar-refractivity contribution in [3.05, 3.63) is 90.9 Å². The van der Waals surface area contributed by atoms with Crippen LogP contribution in [0.2, 0.25) is 0 Å². The molecular formula is C31H30N8O3. The van der Waals surface area contributed by atoms with Gasteiger partial charge in [-0.2, -0.15) is 4.80 Å². The van der Waals surface area contributed by atoms with Crippen LogP contribution in [-0.4, -0.2) is 55.1 Å². The Kier molecular flexibility index (Phi) is 7.80. The largest absolute Gasteiger partial charge is 0.497 e. The van der Waals surface area contributed by atoms with Crippen LogP contribution in [0.15, 0.2) is 85.2 Å². The zero-order chi connectivity index (χ0) is 28.9. The Morgan fingerprint density at radius 3 is 2.57 bits per heavy atom. The standard InChI is InChI=1S/C31H30N8O3/c1-42-25-15-13-21(14-16-25)30-35-37-38(36-30)20-28(40)39(24-18-22-8-2-5-11-26(22)33-19-24)29(27-12-6-7-17-32-27)31(41)34-23-9-3-4-10-23/h2,5-8,11-19,23,29H,3-4,9-10,20H2,1H3,(H,34,41)/t29-/m0/s1. The van der Waals surface area contributed by atoms with Crippen molar-refractivity contribution in [2.45, 2.75) is 44.3 Å². The molecule has 0 saturated heterocycles. The van der Waals surface area contributed by atoms with Gasteiger partial charge < -0.3 is 10.1 Å². The average molecular weight is 563 g/mol. The van der Waals surface area contributed by atoms with Crippen molar-refractivity contribution in [2.24, 2.45) is 0 Å². The second kappa shape index (κ2) is 12.1. The van der Waals surface area contributed by atoms with Crippen LogP contribution in [0.3, 0.4) is 0 Å². The van der Waals surface area contributed by atoms with E-state index >= 15 is 0 Å². The summed E-state index contributed by atoms with van der Waals surface area (Å²) >= 11 is 0. The molecule has 1 saturated carbocycles. The van der Waals surface area contributed by atoms with E-state index in [4.69, 9.17) is 4.74 Å². The summed E-state index contributed by atoms with van der Waals surface area (Å²) in [6, 6.07) is 21.1. The van der Waals surface area contributed by atoms with Crippen LogP contribution in [0.1, 0.15) is 37.4 Å². The smallest absolute Gasteiger partial charge is 0.251 e. The van der Waals surface area contributed by atoms with Crippen molar-refractivity contribution in [3.63, 3.8) is 0 Å². The monoisotopic (exact) mass is 562 g/mol. The summed E-state index contributed by atoms with van der Waals surface area (Å²) < 4.78 is 5.22. The Bertz CT molecular complexity index is 1680. The molecule has 0 bridgehead atoms. The minimum atomic E-state index is -1.04. The summed E-state index contributed by atoms with van der Waals surface area (Å²) in [6.07, 6.45) is 7.16. The molecule has 3 aromatic heterocycles. The summed E-state index contributed by atoms with van der Waals surface area (Å²) in [7, 11) is 1.60. The molecule has 3 heterocycles. The highest BCUT2D eigenvalue weighted by molar-refractivity contribution is 6.02. The zero-order valence-corrected chi connectivity index (χ0v) is 23.1. The molecule has 0 aliphatic heterocycles. The van der Waals surface area contributed by atoms with E-state index in [9.17, 15) is 9.59 Å². The van der Waals surface area contributed by atoms with Gasteiger partial charge in [0.05, 0.1) is 30.2 Å². The number of tetrazole rings is 1. The number of methoxy groups -OCH3 is 1. The number of amides is 2. The van der Waals surface area contributed by atoms with E-state index in [-0.39, 0.29) is 18.5 Å². The van der Waals surface area contributed by atoms with Gasteiger partial charge in [-0.05, 0) is 66.6 Å². The number of nitrogens with zero attached hydrogens (tertiary/aromatic N) is 7. The molecule has 1 fully saturated rings. The van der Waals surface area contributed by atoms with Gasteiger partial charge >= 0.3 is 0 Å². The molecule has 11 heteroatoms. The highest BCUT2D eigenvalue weighted by Crippen LogP contribution is 2.30. The van der Waals surface area contributed by atoms with Gasteiger partial charge in [-0.1, -0.05) is 37.1 Å². The third-order valence-electron chi connectivity index (χ3n) is 7.38. The van der Waals surface area contributed by atoms with Crippen molar-refractivity contribution in [1.29, 1.82) is 0 Å². The first kappa shape index (κ1) is 27.0. The number of benzene rings is 2. The van der Waals surface area contributed by atoms with Crippen LogP contribution in [0.25, 0.3) is 22.3 Å². The number of nitrogens with one attached hydrogen (secondary N) is 1. The fraction of sp³-hybridized carbons (Fsp3) is 0.258. The van der Waals surface area contributed by atoms with Gasteiger partial charge in [-0.15, -0.1) is 10.2 Å². The zero-order valence-electron chi connectivity index (χ0n) is 23.1. The maximum absolute atomic E-state index is 14.2. The number of rotatable bonds is 9. The molecule has 0 radical (unpaired) electrons. The van der Waals surface area contributed by atoms with Gasteiger partial charge in [0.2, 0.25) is 11.7 Å². The second-order valence-electron chi connectivity index (χ2n) is 10.2. The predicted molar refractivity (Wildman–Crippen MR) is 156 cm³/mol. The number of fused-ring (bicyclic) bond motifs is 1. The summed E-state index contributed by atoms with van der Waals surface area (Å²) in [4.78, 5) is 39.9. The van der Waals surface area contributed by atoms with E-state index in [1.807, 2.05) is 42.5 Å². The SMILES string of the molecule is COc1ccc(-c2nnn(CC(=O)N(c3cnc4ccccc4c3)[C@H](C(=O)NC3CCCC3)c3ccccn3)n2)cc1. The van der Waals surface area contributed by atoms with E-state index < -0.39 is 11.9 Å². The van der Waals surface area contributed by atoms with Gasteiger partial charge in [-0.25, -0.2) is 0 Å². The van der Waals surface area contributed by atoms with Crippen molar-refractivity contribution in [2.75, 3.05) is 12.0 Å². The van der Waals surface area contributed by atoms with Crippen LogP contribution in [0.4, 0.5) is 5.69 Å². The lowest BCUT2D eigenvalue weighted by molar-refractivity contribution is -0.127. The molecule has 1 aliphatic rings. The number of anilines is 1. The van der Waals surface area contributed by atoms with Crippen LogP contribution >= 0.6 is 0 Å². The van der Waals surface area contributed by atoms with Crippen LogP contribution < -0.4 is 15.0 Å². The third kappa shape index (κ3) is 5.80. The number of aromatic nitrogens is 6. The van der Waals surface area contributed by atoms with Crippen molar-refractivity contribution in [1.82, 2.24) is 35.5 Å². The van der Waals surface area contributed by atoms with E-state index in [0.29, 0.717) is 23.0 Å². The van der Waals surface area contributed by atoms with Gasteiger partial charge in [0.25, 0.3) is 5.91 Å². The van der Waals surface area contributed by atoms with Gasteiger partial charge in [-0.3, -0.25) is 24.5 Å². The number of carbonyl (C=O) groups excluding carboxylic acids is 2. The fourth-order valence-electron chi connectivity index (χ4n) is 5.26. The second-order valence-corrected chi connectivity index (χ2v) is 10.2. The fourth-order valence-corrected chi connectivity index (χ4v) is 5.26. The Morgan fingerprint density at radius 1 is 1.02 bits per heavy atom. The average Bonchev–Trinajstić information content (AvgIpc) is 3.72. The predicted octanol–water partition coefficient (Wildman–Crippen LogP) is 4.13. The van der Waals surface area contributed by atoms with E-state index in [2.05, 4.69) is 30.7 Å². The van der Waals surface area contributed by atoms with Crippen molar-refractivity contribution in [3.8, 4) is 17.1 Å². The van der Waals surface area contributed by atoms with Crippen LogP contribution in [0.5, 0.6) is 5.75 Å². The van der Waals surface area contributed by atoms with Crippen LogP contribution in [-0.2, 0) is 16.1 Å². The molecule has 1 N–H and O–H groups in total. The summed E-state index contributed by atoms with van der Waals surface area (Å²) in [5, 5.41) is 16.7. The van der Waals surface area contributed by atoms with E-state index in [1.54, 1.807) is 49.8 Å². The topological polar surface area (TPSA) is 128 Å². The molecule has 2 aromatic carbocycles. The molecule has 6 rings (SSSR count). The summed E-state index contributed by atoms with van der Waals surface area (Å²) in [5.74, 6) is 0.359. The lowest BCUT2D eigenvalue weighted by Crippen LogP contribution is -2.47. The number of pyridine rings is 2. The normalized spacial score (nSPS) is 14.0. The third-order valence-corrected chi connectivity index (χ3v) is 7.38. The highest BCUT2D eigenvalue weighted by Gasteiger charge is 2.36. The number of ether oxygens (including phenoxy) is 1. The number of hydrogen-bond acceptors (Lipinski definition) is 8. The Labute approximate surface area is 242 Å². The Morgan fingerprint density at radius 2 is 1.81 bits per heavy atom. The Hall–Kier alpha value is -5.19. The van der Waals surface area contributed by atoms with E-state index in [0.717, 1.165) is 42.1 Å². The number of para-hydroxylation sites is 1. The molecule has 42 heavy (non-hydrogen) atoms. The summed E-state index contributed by atoms with van der Waals surface area (Å²) in [6.45, 7) is -0.254. The van der Waals surface area contributed by atoms with Crippen molar-refractivity contribution < 1.29 is 14.3 Å². The lowest BCUT2D eigenvalue weighted by Gasteiger charge is -2.31. The lowest BCUT2D eigenvalue weighted by atomic mass is 10.1. The molecule has 0 spiro atoms. The first-order valence-electron chi connectivity index (χ1n) is 13.9. The molecule has 212 valence electrons. The maximum atomic E-state index is 14.2. The quantitative estimate of drug-likeness (QED) is 0.284. The van der Waals surface area contributed by atoms with E-state index in [1.165, 1.54) is 9.70 Å². The molecule has 1 atom stereocenters. The molecule has 0 unspecified atom stereocenters. The maximum Gasteiger partial charge on any atom is 0.251 e. The molecule has 11 nitrogen and oxygen atoms in total. The number of carbonyl (C=O) groups is 2. The summed E-state index contributed by atoms with van der Waals surface area (Å²) in [5.41, 5.74) is 2.42. The van der Waals surface area contributed by atoms with Crippen molar-refractivity contribution >= 4 is 28.4 Å². The Balaban J connectivity index is 1.37. The first-order valence-corrected chi connectivity index (χ1v) is 13.9. The minimum absolute atomic E-state index is 0.0550. The minimum Gasteiger partial charge on any atom is -0.497 e. The molecule has 1 aliphatic carbocycles. The molecule has 5 aromatic rings. The first-order chi connectivity index (χ1) is 20.6. The van der Waals surface area contributed by atoms with Gasteiger partial charge in [0.1, 0.15) is 12.3 Å². The van der Waals surface area contributed by atoms with Gasteiger partial charge in [0, 0.05) is 23.2 Å².